The Bertz CT molecular complexity index is 434. The van der Waals surface area contributed by atoms with Crippen molar-refractivity contribution in [2.45, 2.75) is 0 Å². The lowest BCUT2D eigenvalue weighted by Gasteiger charge is -2.08. The highest BCUT2D eigenvalue weighted by Gasteiger charge is 2.11. The fraction of sp³-hybridized carbons (Fsp3) is 0.200. The summed E-state index contributed by atoms with van der Waals surface area (Å²) in [6.07, 6.45) is 0. The molecule has 0 bridgehead atoms. The number of benzene rings is 1. The molecule has 0 radical (unpaired) electrons. The Morgan fingerprint density at radius 3 is 2.53 bits per heavy atom. The molecule has 92 valence electrons. The minimum Gasteiger partial charge on any atom is -0.505 e. The van der Waals surface area contributed by atoms with Crippen molar-refractivity contribution >= 4 is 17.6 Å². The predicted molar refractivity (Wildman–Crippen MR) is 62.4 cm³/mol. The molecule has 0 aliphatic rings. The molecule has 0 atom stereocenters. The number of nitrogens with one attached hydrogen (secondary N) is 2. The van der Waals surface area contributed by atoms with Crippen molar-refractivity contribution in [3.8, 4) is 5.75 Å². The minimum absolute atomic E-state index is 0.0871. The van der Waals surface area contributed by atoms with Gasteiger partial charge in [0.05, 0.1) is 11.3 Å². The van der Waals surface area contributed by atoms with Gasteiger partial charge < -0.3 is 27.2 Å². The summed E-state index contributed by atoms with van der Waals surface area (Å²) in [5.74, 6) is -0.728. The van der Waals surface area contributed by atoms with Gasteiger partial charge in [0.25, 0.3) is 5.91 Å². The number of hydrogen-bond acceptors (Lipinski definition) is 4. The van der Waals surface area contributed by atoms with Crippen LogP contribution >= 0.6 is 0 Å². The van der Waals surface area contributed by atoms with Crippen LogP contribution < -0.4 is 22.1 Å². The van der Waals surface area contributed by atoms with Gasteiger partial charge in [-0.05, 0) is 12.1 Å². The number of phenolic OH excluding ortho intramolecular Hbond substituents is 1. The van der Waals surface area contributed by atoms with Gasteiger partial charge in [-0.2, -0.15) is 0 Å². The molecule has 7 nitrogen and oxygen atoms in total. The van der Waals surface area contributed by atoms with Crippen molar-refractivity contribution in [3.63, 3.8) is 0 Å². The highest BCUT2D eigenvalue weighted by molar-refractivity contribution is 5.98. The van der Waals surface area contributed by atoms with Gasteiger partial charge >= 0.3 is 6.03 Å². The van der Waals surface area contributed by atoms with Crippen LogP contribution in [0.2, 0.25) is 0 Å². The Balaban J connectivity index is 2.53. The molecule has 0 spiro atoms. The zero-order valence-electron chi connectivity index (χ0n) is 9.06. The van der Waals surface area contributed by atoms with Gasteiger partial charge in [0, 0.05) is 13.1 Å². The van der Waals surface area contributed by atoms with E-state index in [0.29, 0.717) is 0 Å². The van der Waals surface area contributed by atoms with Crippen LogP contribution in [-0.4, -0.2) is 30.1 Å². The fourth-order valence-corrected chi connectivity index (χ4v) is 1.20. The highest BCUT2D eigenvalue weighted by Crippen LogP contribution is 2.23. The Morgan fingerprint density at radius 2 is 1.88 bits per heavy atom. The van der Waals surface area contributed by atoms with Gasteiger partial charge in [-0.3, -0.25) is 4.79 Å². The molecule has 0 heterocycles. The molecule has 0 saturated heterocycles. The van der Waals surface area contributed by atoms with E-state index in [0.717, 1.165) is 0 Å². The average molecular weight is 238 g/mol. The second-order valence-electron chi connectivity index (χ2n) is 3.29. The van der Waals surface area contributed by atoms with Crippen molar-refractivity contribution in [1.29, 1.82) is 0 Å². The molecule has 7 N–H and O–H groups in total. The van der Waals surface area contributed by atoms with Crippen LogP contribution in [0.1, 0.15) is 10.4 Å². The Morgan fingerprint density at radius 1 is 1.24 bits per heavy atom. The molecule has 0 aromatic heterocycles. The van der Waals surface area contributed by atoms with Crippen LogP contribution in [0, 0.1) is 0 Å². The normalized spacial score (nSPS) is 9.65. The van der Waals surface area contributed by atoms with Crippen molar-refractivity contribution in [3.05, 3.63) is 23.8 Å². The number of phenols is 1. The molecular formula is C10H14N4O3. The number of aromatic hydroxyl groups is 1. The zero-order valence-corrected chi connectivity index (χ0v) is 9.06. The summed E-state index contributed by atoms with van der Waals surface area (Å²) in [5.41, 5.74) is 10.5. The number of rotatable bonds is 4. The molecular weight excluding hydrogens is 224 g/mol. The third-order valence-corrected chi connectivity index (χ3v) is 2.02. The fourth-order valence-electron chi connectivity index (χ4n) is 1.20. The first kappa shape index (κ1) is 12.6. The predicted octanol–water partition coefficient (Wildman–Crippen LogP) is -0.628. The van der Waals surface area contributed by atoms with Gasteiger partial charge in [0.2, 0.25) is 0 Å². The number of urea groups is 1. The summed E-state index contributed by atoms with van der Waals surface area (Å²) in [6, 6.07) is 3.83. The first-order valence-electron chi connectivity index (χ1n) is 4.91. The molecule has 0 unspecified atom stereocenters. The number of carbonyl (C=O) groups excluding carboxylic acids is 2. The van der Waals surface area contributed by atoms with E-state index in [-0.39, 0.29) is 30.1 Å². The number of nitrogens with two attached hydrogens (primary N) is 2. The zero-order chi connectivity index (χ0) is 12.8. The SMILES string of the molecule is NC(=O)NCCNC(=O)c1cccc(N)c1O. The number of amides is 3. The van der Waals surface area contributed by atoms with Crippen LogP contribution in [0.4, 0.5) is 10.5 Å². The molecule has 7 heteroatoms. The summed E-state index contributed by atoms with van der Waals surface area (Å²) in [6.45, 7) is 0.417. The van der Waals surface area contributed by atoms with Gasteiger partial charge in [-0.15, -0.1) is 0 Å². The molecule has 1 aromatic rings. The van der Waals surface area contributed by atoms with Gasteiger partial charge in [-0.1, -0.05) is 6.07 Å². The standard InChI is InChI=1S/C10H14N4O3/c11-7-3-1-2-6(8(7)15)9(16)13-4-5-14-10(12)17/h1-3,15H,4-5,11H2,(H,13,16)(H3,12,14,17). The van der Waals surface area contributed by atoms with Gasteiger partial charge in [-0.25, -0.2) is 4.79 Å². The van der Waals surface area contributed by atoms with E-state index in [4.69, 9.17) is 11.5 Å². The number of primary amides is 1. The smallest absolute Gasteiger partial charge is 0.312 e. The van der Waals surface area contributed by atoms with Crippen molar-refractivity contribution in [1.82, 2.24) is 10.6 Å². The van der Waals surface area contributed by atoms with E-state index in [1.807, 2.05) is 0 Å². The average Bonchev–Trinajstić information content (AvgIpc) is 2.27. The molecule has 1 rings (SSSR count). The van der Waals surface area contributed by atoms with Crippen molar-refractivity contribution in [2.75, 3.05) is 18.8 Å². The van der Waals surface area contributed by atoms with E-state index in [1.54, 1.807) is 6.07 Å². The molecule has 0 fully saturated rings. The maximum absolute atomic E-state index is 11.6. The Labute approximate surface area is 97.8 Å². The van der Waals surface area contributed by atoms with Crippen molar-refractivity contribution in [2.24, 2.45) is 5.73 Å². The molecule has 0 aliphatic carbocycles. The van der Waals surface area contributed by atoms with Crippen LogP contribution in [0.5, 0.6) is 5.75 Å². The number of anilines is 1. The number of para-hydroxylation sites is 1. The lowest BCUT2D eigenvalue weighted by molar-refractivity contribution is 0.0951. The van der Waals surface area contributed by atoms with E-state index in [2.05, 4.69) is 10.6 Å². The summed E-state index contributed by atoms with van der Waals surface area (Å²) in [5, 5.41) is 14.4. The monoisotopic (exact) mass is 238 g/mol. The van der Waals surface area contributed by atoms with E-state index in [1.165, 1.54) is 12.1 Å². The summed E-state index contributed by atoms with van der Waals surface area (Å²) in [7, 11) is 0. The van der Waals surface area contributed by atoms with E-state index >= 15 is 0 Å². The Kier molecular flexibility index (Phi) is 4.15. The number of hydrogen-bond donors (Lipinski definition) is 5. The maximum atomic E-state index is 11.6. The third kappa shape index (κ3) is 3.56. The first-order valence-corrected chi connectivity index (χ1v) is 4.91. The van der Waals surface area contributed by atoms with E-state index in [9.17, 15) is 14.7 Å². The largest absolute Gasteiger partial charge is 0.505 e. The minimum atomic E-state index is -0.661. The Hall–Kier alpha value is -2.44. The quantitative estimate of drug-likeness (QED) is 0.271. The third-order valence-electron chi connectivity index (χ3n) is 2.02. The maximum Gasteiger partial charge on any atom is 0.312 e. The van der Waals surface area contributed by atoms with E-state index < -0.39 is 11.9 Å². The lowest BCUT2D eigenvalue weighted by atomic mass is 10.1. The molecule has 3 amide bonds. The van der Waals surface area contributed by atoms with Crippen LogP contribution in [0.25, 0.3) is 0 Å². The van der Waals surface area contributed by atoms with Crippen LogP contribution in [0.15, 0.2) is 18.2 Å². The number of nitrogen functional groups attached to an aromatic ring is 1. The van der Waals surface area contributed by atoms with Gasteiger partial charge in [0.1, 0.15) is 0 Å². The molecule has 0 aliphatic heterocycles. The molecule has 17 heavy (non-hydrogen) atoms. The topological polar surface area (TPSA) is 130 Å². The van der Waals surface area contributed by atoms with Crippen molar-refractivity contribution < 1.29 is 14.7 Å². The summed E-state index contributed by atoms with van der Waals surface area (Å²) < 4.78 is 0. The van der Waals surface area contributed by atoms with Crippen LogP contribution in [0.3, 0.4) is 0 Å². The second kappa shape index (κ2) is 5.59. The summed E-state index contributed by atoms with van der Waals surface area (Å²) >= 11 is 0. The van der Waals surface area contributed by atoms with Crippen LogP contribution in [-0.2, 0) is 0 Å². The highest BCUT2D eigenvalue weighted by atomic mass is 16.3. The second-order valence-corrected chi connectivity index (χ2v) is 3.29. The summed E-state index contributed by atoms with van der Waals surface area (Å²) in [4.78, 5) is 21.9. The molecule has 0 saturated carbocycles. The van der Waals surface area contributed by atoms with Gasteiger partial charge in [0.15, 0.2) is 5.75 Å². The first-order chi connectivity index (χ1) is 8.02. The number of carbonyl (C=O) groups is 2. The lowest BCUT2D eigenvalue weighted by Crippen LogP contribution is -2.37. The molecule has 1 aromatic carbocycles.